The van der Waals surface area contributed by atoms with Gasteiger partial charge in [0.1, 0.15) is 0 Å². The minimum absolute atomic E-state index is 0.0279. The van der Waals surface area contributed by atoms with Crippen LogP contribution in [0.1, 0.15) is 19.8 Å². The van der Waals surface area contributed by atoms with Gasteiger partial charge in [0.05, 0.1) is 0 Å². The first kappa shape index (κ1) is 10.2. The van der Waals surface area contributed by atoms with Gasteiger partial charge in [-0.1, -0.05) is 0 Å². The number of rotatable bonds is 1. The maximum atomic E-state index is 11.4. The molecule has 0 aliphatic carbocycles. The van der Waals surface area contributed by atoms with Crippen LogP contribution < -0.4 is 5.32 Å². The fourth-order valence-electron chi connectivity index (χ4n) is 1.55. The van der Waals surface area contributed by atoms with E-state index in [-0.39, 0.29) is 17.7 Å². The van der Waals surface area contributed by atoms with Crippen LogP contribution in [0.4, 0.5) is 0 Å². The zero-order chi connectivity index (χ0) is 9.84. The first-order valence-electron chi connectivity index (χ1n) is 4.59. The Balaban J connectivity index is 2.36. The zero-order valence-electron chi connectivity index (χ0n) is 8.17. The molecule has 0 aromatic heterocycles. The van der Waals surface area contributed by atoms with Gasteiger partial charge in [-0.25, -0.2) is 0 Å². The predicted molar refractivity (Wildman–Crippen MR) is 49.0 cm³/mol. The molecular formula is C9H16N2O2. The molecule has 2 amide bonds. The second kappa shape index (κ2) is 4.37. The SMILES string of the molecule is CC(=O)NC(=O)C1CCN(C)CC1. The third-order valence-electron chi connectivity index (χ3n) is 2.39. The van der Waals surface area contributed by atoms with Gasteiger partial charge in [-0.3, -0.25) is 14.9 Å². The Morgan fingerprint density at radius 3 is 2.31 bits per heavy atom. The summed E-state index contributed by atoms with van der Waals surface area (Å²) in [7, 11) is 2.04. The fourth-order valence-corrected chi connectivity index (χ4v) is 1.55. The Labute approximate surface area is 78.3 Å². The number of nitrogens with one attached hydrogen (secondary N) is 1. The maximum absolute atomic E-state index is 11.4. The first-order chi connectivity index (χ1) is 6.09. The number of amides is 2. The Hall–Kier alpha value is -0.900. The van der Waals surface area contributed by atoms with Crippen molar-refractivity contribution in [1.82, 2.24) is 10.2 Å². The van der Waals surface area contributed by atoms with Crippen LogP contribution in [0, 0.1) is 5.92 Å². The summed E-state index contributed by atoms with van der Waals surface area (Å²) in [4.78, 5) is 24.2. The fraction of sp³-hybridized carbons (Fsp3) is 0.778. The third-order valence-corrected chi connectivity index (χ3v) is 2.39. The Morgan fingerprint density at radius 1 is 1.31 bits per heavy atom. The van der Waals surface area contributed by atoms with Crippen LogP contribution in [-0.4, -0.2) is 36.9 Å². The van der Waals surface area contributed by atoms with Crippen LogP contribution in [0.25, 0.3) is 0 Å². The number of likely N-dealkylation sites (tertiary alicyclic amines) is 1. The minimum Gasteiger partial charge on any atom is -0.306 e. The van der Waals surface area contributed by atoms with Crippen LogP contribution in [0.2, 0.25) is 0 Å². The molecule has 0 unspecified atom stereocenters. The van der Waals surface area contributed by atoms with Crippen molar-refractivity contribution >= 4 is 11.8 Å². The number of piperidine rings is 1. The molecule has 4 nitrogen and oxygen atoms in total. The van der Waals surface area contributed by atoms with Crippen molar-refractivity contribution in [1.29, 1.82) is 0 Å². The van der Waals surface area contributed by atoms with Crippen molar-refractivity contribution in [3.8, 4) is 0 Å². The number of hydrogen-bond donors (Lipinski definition) is 1. The van der Waals surface area contributed by atoms with Gasteiger partial charge in [-0.15, -0.1) is 0 Å². The molecule has 0 saturated carbocycles. The van der Waals surface area contributed by atoms with E-state index in [4.69, 9.17) is 0 Å². The molecule has 1 aliphatic heterocycles. The third kappa shape index (κ3) is 3.14. The molecule has 0 aromatic carbocycles. The summed E-state index contributed by atoms with van der Waals surface area (Å²) in [6.45, 7) is 3.25. The molecule has 74 valence electrons. The lowest BCUT2D eigenvalue weighted by molar-refractivity contribution is -0.132. The molecule has 0 aromatic rings. The highest BCUT2D eigenvalue weighted by Crippen LogP contribution is 2.15. The Bertz CT molecular complexity index is 208. The van der Waals surface area contributed by atoms with Crippen LogP contribution >= 0.6 is 0 Å². The molecule has 4 heteroatoms. The van der Waals surface area contributed by atoms with E-state index in [9.17, 15) is 9.59 Å². The summed E-state index contributed by atoms with van der Waals surface area (Å²) in [6.07, 6.45) is 1.71. The highest BCUT2D eigenvalue weighted by molar-refractivity contribution is 5.95. The van der Waals surface area contributed by atoms with Gasteiger partial charge in [0.2, 0.25) is 11.8 Å². The topological polar surface area (TPSA) is 49.4 Å². The number of hydrogen-bond acceptors (Lipinski definition) is 3. The van der Waals surface area contributed by atoms with Crippen molar-refractivity contribution in [2.45, 2.75) is 19.8 Å². The standard InChI is InChI=1S/C9H16N2O2/c1-7(12)10-9(13)8-3-5-11(2)6-4-8/h8H,3-6H2,1-2H3,(H,10,12,13). The van der Waals surface area contributed by atoms with Crippen molar-refractivity contribution < 1.29 is 9.59 Å². The zero-order valence-corrected chi connectivity index (χ0v) is 8.17. The van der Waals surface area contributed by atoms with Gasteiger partial charge in [-0.2, -0.15) is 0 Å². The lowest BCUT2D eigenvalue weighted by Gasteiger charge is -2.27. The van der Waals surface area contributed by atoms with Crippen LogP contribution in [0.15, 0.2) is 0 Å². The summed E-state index contributed by atoms with van der Waals surface area (Å²) in [5.41, 5.74) is 0. The van der Waals surface area contributed by atoms with Crippen molar-refractivity contribution in [3.63, 3.8) is 0 Å². The predicted octanol–water partition coefficient (Wildman–Crippen LogP) is -0.00910. The highest BCUT2D eigenvalue weighted by atomic mass is 16.2. The molecule has 1 fully saturated rings. The highest BCUT2D eigenvalue weighted by Gasteiger charge is 2.23. The quantitative estimate of drug-likeness (QED) is 0.623. The van der Waals surface area contributed by atoms with E-state index in [1.54, 1.807) is 0 Å². The second-order valence-corrected chi connectivity index (χ2v) is 3.62. The van der Waals surface area contributed by atoms with Crippen molar-refractivity contribution in [3.05, 3.63) is 0 Å². The van der Waals surface area contributed by atoms with Crippen molar-refractivity contribution in [2.24, 2.45) is 5.92 Å². The number of carbonyl (C=O) groups is 2. The number of imide groups is 1. The van der Waals surface area contributed by atoms with E-state index < -0.39 is 0 Å². The summed E-state index contributed by atoms with van der Waals surface area (Å²) in [5.74, 6) is -0.343. The monoisotopic (exact) mass is 184 g/mol. The van der Waals surface area contributed by atoms with E-state index >= 15 is 0 Å². The second-order valence-electron chi connectivity index (χ2n) is 3.62. The van der Waals surface area contributed by atoms with Crippen LogP contribution in [0.5, 0.6) is 0 Å². The van der Waals surface area contributed by atoms with Crippen LogP contribution in [-0.2, 0) is 9.59 Å². The molecule has 0 atom stereocenters. The average molecular weight is 184 g/mol. The Morgan fingerprint density at radius 2 is 1.85 bits per heavy atom. The summed E-state index contributed by atoms with van der Waals surface area (Å²) < 4.78 is 0. The van der Waals surface area contributed by atoms with Crippen molar-refractivity contribution in [2.75, 3.05) is 20.1 Å². The molecule has 0 bridgehead atoms. The van der Waals surface area contributed by atoms with Gasteiger partial charge in [0, 0.05) is 12.8 Å². The number of carbonyl (C=O) groups excluding carboxylic acids is 2. The molecule has 1 heterocycles. The van der Waals surface area contributed by atoms with Gasteiger partial charge in [0.15, 0.2) is 0 Å². The van der Waals surface area contributed by atoms with E-state index in [1.807, 2.05) is 7.05 Å². The molecule has 0 radical (unpaired) electrons. The van der Waals surface area contributed by atoms with Gasteiger partial charge < -0.3 is 4.90 Å². The summed E-state index contributed by atoms with van der Waals surface area (Å²) >= 11 is 0. The van der Waals surface area contributed by atoms with Gasteiger partial charge in [-0.05, 0) is 33.0 Å². The summed E-state index contributed by atoms with van der Waals surface area (Å²) in [5, 5.41) is 2.33. The van der Waals surface area contributed by atoms with E-state index in [2.05, 4.69) is 10.2 Å². The van der Waals surface area contributed by atoms with Crippen LogP contribution in [0.3, 0.4) is 0 Å². The molecular weight excluding hydrogens is 168 g/mol. The number of nitrogens with zero attached hydrogens (tertiary/aromatic N) is 1. The lowest BCUT2D eigenvalue weighted by atomic mass is 9.96. The summed E-state index contributed by atoms with van der Waals surface area (Å²) in [6, 6.07) is 0. The van der Waals surface area contributed by atoms with Gasteiger partial charge in [0.25, 0.3) is 0 Å². The van der Waals surface area contributed by atoms with E-state index in [0.29, 0.717) is 0 Å². The molecule has 1 rings (SSSR count). The maximum Gasteiger partial charge on any atom is 0.229 e. The molecule has 0 spiro atoms. The molecule has 1 N–H and O–H groups in total. The smallest absolute Gasteiger partial charge is 0.229 e. The average Bonchev–Trinajstić information content (AvgIpc) is 2.04. The normalized spacial score (nSPS) is 19.8. The Kier molecular flexibility index (Phi) is 3.42. The molecule has 1 saturated heterocycles. The largest absolute Gasteiger partial charge is 0.306 e. The lowest BCUT2D eigenvalue weighted by Crippen LogP contribution is -2.40. The van der Waals surface area contributed by atoms with Gasteiger partial charge >= 0.3 is 0 Å². The molecule has 13 heavy (non-hydrogen) atoms. The van der Waals surface area contributed by atoms with E-state index in [0.717, 1.165) is 25.9 Å². The first-order valence-corrected chi connectivity index (χ1v) is 4.59. The molecule has 1 aliphatic rings. The van der Waals surface area contributed by atoms with E-state index in [1.165, 1.54) is 6.92 Å². The minimum atomic E-state index is -0.260.